The highest BCUT2D eigenvalue weighted by atomic mass is 79.9. The molecule has 0 radical (unpaired) electrons. The summed E-state index contributed by atoms with van der Waals surface area (Å²) >= 11 is 3.46. The van der Waals surface area contributed by atoms with Crippen LogP contribution in [0.15, 0.2) is 40.9 Å². The smallest absolute Gasteiger partial charge is 0.147 e. The van der Waals surface area contributed by atoms with Crippen molar-refractivity contribution in [3.63, 3.8) is 0 Å². The minimum Gasteiger partial charge on any atom is -0.313 e. The summed E-state index contributed by atoms with van der Waals surface area (Å²) in [4.78, 5) is 0. The topological polar surface area (TPSA) is 46.2 Å². The molecule has 3 nitrogen and oxygen atoms in total. The number of sulfone groups is 1. The maximum atomic E-state index is 11.3. The minimum absolute atomic E-state index is 0.0535. The molecule has 1 unspecified atom stereocenters. The largest absolute Gasteiger partial charge is 0.313 e. The standard InChI is InChI=1S/C15H18BrNO2S/c1-17-15(7-8-20(2,18)19)13-4-3-12-10-14(16)6-5-11(12)9-13/h3-6,9-10,15,17H,7-8H2,1-2H3. The van der Waals surface area contributed by atoms with E-state index in [4.69, 9.17) is 0 Å². The molecule has 0 amide bonds. The Morgan fingerprint density at radius 2 is 1.80 bits per heavy atom. The van der Waals surface area contributed by atoms with Gasteiger partial charge in [-0.3, -0.25) is 0 Å². The predicted octanol–water partition coefficient (Wildman–Crippen LogP) is 3.30. The summed E-state index contributed by atoms with van der Waals surface area (Å²) in [6, 6.07) is 12.4. The van der Waals surface area contributed by atoms with Crippen LogP contribution in [0.4, 0.5) is 0 Å². The first-order chi connectivity index (χ1) is 9.39. The number of rotatable bonds is 5. The van der Waals surface area contributed by atoms with Crippen LogP contribution >= 0.6 is 15.9 Å². The molecule has 0 aliphatic carbocycles. The van der Waals surface area contributed by atoms with Gasteiger partial charge in [-0.2, -0.15) is 0 Å². The van der Waals surface area contributed by atoms with Crippen molar-refractivity contribution in [1.82, 2.24) is 5.32 Å². The number of nitrogens with one attached hydrogen (secondary N) is 1. The van der Waals surface area contributed by atoms with E-state index in [2.05, 4.69) is 51.6 Å². The molecule has 1 atom stereocenters. The second kappa shape index (κ2) is 6.24. The van der Waals surface area contributed by atoms with Crippen molar-refractivity contribution in [2.75, 3.05) is 19.1 Å². The van der Waals surface area contributed by atoms with E-state index in [1.165, 1.54) is 11.6 Å². The quantitative estimate of drug-likeness (QED) is 0.894. The third kappa shape index (κ3) is 4.04. The first kappa shape index (κ1) is 15.5. The van der Waals surface area contributed by atoms with Crippen LogP contribution in [0.1, 0.15) is 18.0 Å². The molecule has 20 heavy (non-hydrogen) atoms. The van der Waals surface area contributed by atoms with Gasteiger partial charge in [-0.1, -0.05) is 34.1 Å². The van der Waals surface area contributed by atoms with E-state index < -0.39 is 9.84 Å². The average molecular weight is 356 g/mol. The third-order valence-corrected chi connectivity index (χ3v) is 4.83. The fourth-order valence-electron chi connectivity index (χ4n) is 2.26. The van der Waals surface area contributed by atoms with E-state index in [0.717, 1.165) is 15.4 Å². The Bertz CT molecular complexity index is 713. The lowest BCUT2D eigenvalue weighted by molar-refractivity contribution is 0.559. The average Bonchev–Trinajstić information content (AvgIpc) is 2.38. The van der Waals surface area contributed by atoms with Crippen LogP contribution in [0.3, 0.4) is 0 Å². The first-order valence-electron chi connectivity index (χ1n) is 6.43. The summed E-state index contributed by atoms with van der Waals surface area (Å²) in [5.74, 6) is 0.191. The van der Waals surface area contributed by atoms with Crippen molar-refractivity contribution >= 4 is 36.5 Å². The van der Waals surface area contributed by atoms with Crippen LogP contribution < -0.4 is 5.32 Å². The lowest BCUT2D eigenvalue weighted by Gasteiger charge is -2.17. The zero-order valence-electron chi connectivity index (χ0n) is 11.6. The van der Waals surface area contributed by atoms with Crippen molar-refractivity contribution in [1.29, 1.82) is 0 Å². The van der Waals surface area contributed by atoms with E-state index in [1.807, 2.05) is 13.1 Å². The minimum atomic E-state index is -2.93. The normalized spacial score (nSPS) is 13.6. The third-order valence-electron chi connectivity index (χ3n) is 3.35. The Morgan fingerprint density at radius 3 is 2.45 bits per heavy atom. The molecule has 0 saturated heterocycles. The molecule has 1 N–H and O–H groups in total. The molecule has 0 aliphatic heterocycles. The molecule has 0 aliphatic rings. The van der Waals surface area contributed by atoms with E-state index in [0.29, 0.717) is 6.42 Å². The highest BCUT2D eigenvalue weighted by molar-refractivity contribution is 9.10. The highest BCUT2D eigenvalue weighted by Crippen LogP contribution is 2.25. The van der Waals surface area contributed by atoms with E-state index in [1.54, 1.807) is 0 Å². The maximum Gasteiger partial charge on any atom is 0.147 e. The molecule has 0 bridgehead atoms. The summed E-state index contributed by atoms with van der Waals surface area (Å²) in [6.45, 7) is 0. The van der Waals surface area contributed by atoms with Gasteiger partial charge in [0.1, 0.15) is 9.84 Å². The second-order valence-corrected chi connectivity index (χ2v) is 8.19. The monoisotopic (exact) mass is 355 g/mol. The fourth-order valence-corrected chi connectivity index (χ4v) is 3.30. The Hall–Kier alpha value is -0.910. The molecular formula is C15H18BrNO2S. The number of hydrogen-bond donors (Lipinski definition) is 1. The van der Waals surface area contributed by atoms with Gasteiger partial charge in [-0.05, 0) is 48.0 Å². The van der Waals surface area contributed by atoms with Gasteiger partial charge in [0.25, 0.3) is 0 Å². The van der Waals surface area contributed by atoms with Crippen LogP contribution in [-0.2, 0) is 9.84 Å². The summed E-state index contributed by atoms with van der Waals surface area (Å²) in [5.41, 5.74) is 1.12. The summed E-state index contributed by atoms with van der Waals surface area (Å²) < 4.78 is 23.7. The highest BCUT2D eigenvalue weighted by Gasteiger charge is 2.13. The number of benzene rings is 2. The fraction of sp³-hybridized carbons (Fsp3) is 0.333. The van der Waals surface area contributed by atoms with Gasteiger partial charge in [0.2, 0.25) is 0 Å². The van der Waals surface area contributed by atoms with Crippen LogP contribution in [-0.4, -0.2) is 27.5 Å². The molecular weight excluding hydrogens is 338 g/mol. The number of halogens is 1. The van der Waals surface area contributed by atoms with Gasteiger partial charge in [0.15, 0.2) is 0 Å². The van der Waals surface area contributed by atoms with Crippen LogP contribution in [0.5, 0.6) is 0 Å². The van der Waals surface area contributed by atoms with Crippen molar-refractivity contribution in [2.45, 2.75) is 12.5 Å². The van der Waals surface area contributed by atoms with E-state index in [9.17, 15) is 8.42 Å². The first-order valence-corrected chi connectivity index (χ1v) is 9.28. The molecule has 108 valence electrons. The lowest BCUT2D eigenvalue weighted by atomic mass is 10.0. The van der Waals surface area contributed by atoms with E-state index in [-0.39, 0.29) is 11.8 Å². The molecule has 2 aromatic rings. The molecule has 0 saturated carbocycles. The zero-order chi connectivity index (χ0) is 14.8. The maximum absolute atomic E-state index is 11.3. The molecule has 0 heterocycles. The van der Waals surface area contributed by atoms with Crippen molar-refractivity contribution in [3.05, 3.63) is 46.4 Å². The summed E-state index contributed by atoms with van der Waals surface area (Å²) in [6.07, 6.45) is 1.86. The lowest BCUT2D eigenvalue weighted by Crippen LogP contribution is -2.19. The molecule has 2 aromatic carbocycles. The summed E-state index contributed by atoms with van der Waals surface area (Å²) in [7, 11) is -1.07. The van der Waals surface area contributed by atoms with Crippen molar-refractivity contribution in [3.8, 4) is 0 Å². The molecule has 2 rings (SSSR count). The Balaban J connectivity index is 2.28. The van der Waals surface area contributed by atoms with Gasteiger partial charge in [-0.15, -0.1) is 0 Å². The van der Waals surface area contributed by atoms with Gasteiger partial charge in [0.05, 0.1) is 5.75 Å². The SMILES string of the molecule is CNC(CCS(C)(=O)=O)c1ccc2cc(Br)ccc2c1. The Kier molecular flexibility index (Phi) is 4.83. The molecule has 0 fully saturated rings. The van der Waals surface area contributed by atoms with Crippen LogP contribution in [0.2, 0.25) is 0 Å². The van der Waals surface area contributed by atoms with Crippen LogP contribution in [0, 0.1) is 0 Å². The molecule has 5 heteroatoms. The molecule has 0 spiro atoms. The van der Waals surface area contributed by atoms with Gasteiger partial charge in [-0.25, -0.2) is 8.42 Å². The van der Waals surface area contributed by atoms with Gasteiger partial charge >= 0.3 is 0 Å². The summed E-state index contributed by atoms with van der Waals surface area (Å²) in [5, 5.41) is 5.52. The van der Waals surface area contributed by atoms with Gasteiger partial charge in [0, 0.05) is 16.8 Å². The van der Waals surface area contributed by atoms with E-state index >= 15 is 0 Å². The second-order valence-electron chi connectivity index (χ2n) is 5.01. The zero-order valence-corrected chi connectivity index (χ0v) is 14.0. The van der Waals surface area contributed by atoms with Crippen LogP contribution in [0.25, 0.3) is 10.8 Å². The van der Waals surface area contributed by atoms with Crippen molar-refractivity contribution < 1.29 is 8.42 Å². The van der Waals surface area contributed by atoms with Gasteiger partial charge < -0.3 is 5.32 Å². The molecule has 0 aromatic heterocycles. The number of fused-ring (bicyclic) bond motifs is 1. The Morgan fingerprint density at radius 1 is 1.15 bits per heavy atom. The number of hydrogen-bond acceptors (Lipinski definition) is 3. The Labute approximate surface area is 128 Å². The van der Waals surface area contributed by atoms with Crippen molar-refractivity contribution in [2.24, 2.45) is 0 Å². The predicted molar refractivity (Wildman–Crippen MR) is 87.8 cm³/mol.